The summed E-state index contributed by atoms with van der Waals surface area (Å²) in [5, 5.41) is 149. The number of carboxylic acids is 1. The molecule has 0 radical (unpaired) electrons. The van der Waals surface area contributed by atoms with Crippen LogP contribution in [0.15, 0.2) is 78.6 Å². The Kier molecular flexibility index (Phi) is 19.8. The van der Waals surface area contributed by atoms with Crippen LogP contribution in [0.25, 0.3) is 18.2 Å². The van der Waals surface area contributed by atoms with E-state index in [9.17, 15) is 85.6 Å². The Bertz CT molecular complexity index is 3150. The number of phenols is 6. The summed E-state index contributed by atoms with van der Waals surface area (Å²) in [6, 6.07) is 11.9. The van der Waals surface area contributed by atoms with Gasteiger partial charge < -0.3 is 128 Å². The number of fused-ring (bicyclic) bond motifs is 1. The first kappa shape index (κ1) is 62.4. The van der Waals surface area contributed by atoms with E-state index < -0.39 is 177 Å². The van der Waals surface area contributed by atoms with E-state index in [1.54, 1.807) is 0 Å². The molecule has 0 aliphatic carbocycles. The lowest BCUT2D eigenvalue weighted by molar-refractivity contribution is -0.353. The monoisotopic (exact) mass is 1200 g/mol. The number of aliphatic hydroxyl groups is 8. The first-order valence-corrected chi connectivity index (χ1v) is 25.5. The molecule has 0 amide bonds. The number of ether oxygens (including phenoxy) is 12. The topological polar surface area (TPSA) is 466 Å². The van der Waals surface area contributed by atoms with Crippen LogP contribution in [-0.4, -0.2) is 220 Å². The van der Waals surface area contributed by atoms with Gasteiger partial charge in [-0.2, -0.15) is 0 Å². The standard InChI is InChI=1S/C55H58O30/c1-74-34-12-23(13-35(75-2)44(34)68)5-10-41(65)84-51-43(67)31(61)19-78-54(51)85-52-48(72)46(70)38(20-76-40(64)9-4-22-3-7-27(57)29(59)11-22)83-55(52)81-36-17-26-32(79-50(36)24-6-8-28(58)30(60)14-24)15-25(56)16-33(26)80-53-49(73)47(71)45(69)37(82-53)21-77-42(66)18-39(62)63/h3-17,31,37-38,43,45-61,67-73H,18-21H2,1-2H3,(H,62,63)/p+1. The summed E-state index contributed by atoms with van der Waals surface area (Å²) in [4.78, 5) is 49.6. The van der Waals surface area contributed by atoms with E-state index in [4.69, 9.17) is 61.9 Å². The molecule has 4 heterocycles. The minimum atomic E-state index is -2.18. The normalized spacial score (nSPS) is 28.3. The maximum Gasteiger partial charge on any atom is 0.331 e. The Morgan fingerprint density at radius 1 is 0.612 bits per heavy atom. The smallest absolute Gasteiger partial charge is 0.331 e. The SMILES string of the molecule is COc1cc(C=CC(=O)OC2C(OC3C(OC4=Cc5c(OC6OC(COC(=O)CC(=O)O)C(O)C(O)C6O)cc(O)cc5[OH+]C4c4ccc(O)c(O)c4)OC(COC(=O)C=Cc4ccc(O)c(O)c4)C(O)C3O)OCC(O)C2O)cc(OC)c1O. The van der Waals surface area contributed by atoms with Gasteiger partial charge in [0.05, 0.1) is 32.5 Å². The molecular formula is C55H59O30+. The zero-order valence-electron chi connectivity index (χ0n) is 44.5. The first-order chi connectivity index (χ1) is 40.4. The number of aliphatic carboxylic acids is 1. The van der Waals surface area contributed by atoms with Crippen LogP contribution in [0.2, 0.25) is 0 Å². The van der Waals surface area contributed by atoms with Crippen LogP contribution >= 0.6 is 0 Å². The van der Waals surface area contributed by atoms with Crippen molar-refractivity contribution in [2.24, 2.45) is 0 Å². The summed E-state index contributed by atoms with van der Waals surface area (Å²) in [5.41, 5.74) is 0.427. The van der Waals surface area contributed by atoms with E-state index in [0.29, 0.717) is 0 Å². The van der Waals surface area contributed by atoms with Crippen molar-refractivity contribution in [1.82, 2.24) is 0 Å². The van der Waals surface area contributed by atoms with Gasteiger partial charge in [-0.05, 0) is 65.7 Å². The molecule has 30 heteroatoms. The van der Waals surface area contributed by atoms with Crippen molar-refractivity contribution in [2.45, 2.75) is 98.5 Å². The lowest BCUT2D eigenvalue weighted by Gasteiger charge is -2.45. The molecule has 0 bridgehead atoms. The summed E-state index contributed by atoms with van der Waals surface area (Å²) >= 11 is 0. The molecule has 30 nitrogen and oxygen atoms in total. The van der Waals surface area contributed by atoms with Crippen LogP contribution in [0.5, 0.6) is 57.5 Å². The van der Waals surface area contributed by atoms with Gasteiger partial charge in [0.2, 0.25) is 18.3 Å². The number of carboxylic acid groups (broad SMARTS) is 1. The number of hydrogen-bond donors (Lipinski definition) is 14. The molecule has 3 fully saturated rings. The van der Waals surface area contributed by atoms with E-state index >= 15 is 0 Å². The highest BCUT2D eigenvalue weighted by Crippen LogP contribution is 2.48. The third-order valence-corrected chi connectivity index (χ3v) is 13.4. The average molecular weight is 1200 g/mol. The molecule has 4 aliphatic heterocycles. The Morgan fingerprint density at radius 2 is 1.24 bits per heavy atom. The molecule has 15 unspecified atom stereocenters. The number of carbonyl (C=O) groups excluding carboxylic acids is 3. The van der Waals surface area contributed by atoms with Crippen LogP contribution in [-0.2, 0) is 57.1 Å². The maximum atomic E-state index is 13.5. The minimum absolute atomic E-state index is 0.0237. The lowest BCUT2D eigenvalue weighted by atomic mass is 9.97. The lowest BCUT2D eigenvalue weighted by Crippen LogP contribution is -2.63. The third kappa shape index (κ3) is 14.6. The molecule has 4 aliphatic rings. The average Bonchev–Trinajstić information content (AvgIpc) is 2.27. The summed E-state index contributed by atoms with van der Waals surface area (Å²) in [6.07, 6.45) is -24.3. The molecule has 4 aromatic carbocycles. The molecule has 458 valence electrons. The van der Waals surface area contributed by atoms with Gasteiger partial charge in [0.25, 0.3) is 11.9 Å². The van der Waals surface area contributed by atoms with Crippen molar-refractivity contribution in [3.05, 3.63) is 101 Å². The number of carbonyl (C=O) groups is 4. The number of aromatic hydroxyl groups is 7. The number of aliphatic hydroxyl groups excluding tert-OH is 7. The Balaban J connectivity index is 1.14. The molecule has 3 saturated heterocycles. The second-order valence-corrected chi connectivity index (χ2v) is 19.3. The van der Waals surface area contributed by atoms with Crippen LogP contribution in [0.4, 0.5) is 0 Å². The highest BCUT2D eigenvalue weighted by atomic mass is 16.8. The maximum absolute atomic E-state index is 13.5. The molecule has 0 saturated carbocycles. The molecule has 15 atom stereocenters. The van der Waals surface area contributed by atoms with Gasteiger partial charge in [0, 0.05) is 24.3 Å². The predicted octanol–water partition coefficient (Wildman–Crippen LogP) is -0.713. The van der Waals surface area contributed by atoms with E-state index in [2.05, 4.69) is 0 Å². The molecule has 85 heavy (non-hydrogen) atoms. The molecular weight excluding hydrogens is 1140 g/mol. The highest BCUT2D eigenvalue weighted by molar-refractivity contribution is 5.90. The van der Waals surface area contributed by atoms with Crippen molar-refractivity contribution >= 4 is 42.1 Å². The summed E-state index contributed by atoms with van der Waals surface area (Å²) in [6.45, 7) is -2.35. The van der Waals surface area contributed by atoms with Crippen LogP contribution in [0, 0.1) is 0 Å². The molecule has 8 rings (SSSR count). The first-order valence-electron chi connectivity index (χ1n) is 25.5. The van der Waals surface area contributed by atoms with Gasteiger partial charge in [0.1, 0.15) is 91.6 Å². The van der Waals surface area contributed by atoms with Gasteiger partial charge in [-0.25, -0.2) is 9.59 Å². The molecule has 0 aromatic heterocycles. The highest BCUT2D eigenvalue weighted by Gasteiger charge is 2.53. The van der Waals surface area contributed by atoms with Crippen molar-refractivity contribution in [3.63, 3.8) is 0 Å². The number of rotatable bonds is 20. The number of methoxy groups -OCH3 is 2. The summed E-state index contributed by atoms with van der Waals surface area (Å²) in [7, 11) is 2.55. The minimum Gasteiger partial charge on any atom is -0.571 e. The Labute approximate surface area is 479 Å². The number of benzene rings is 4. The molecule has 15 N–H and O–H groups in total. The van der Waals surface area contributed by atoms with Crippen molar-refractivity contribution in [1.29, 1.82) is 0 Å². The third-order valence-electron chi connectivity index (χ3n) is 13.4. The van der Waals surface area contributed by atoms with Gasteiger partial charge in [-0.3, -0.25) is 9.59 Å². The van der Waals surface area contributed by atoms with Crippen LogP contribution in [0.1, 0.15) is 34.8 Å². The summed E-state index contributed by atoms with van der Waals surface area (Å²) < 4.78 is 67.1. The fourth-order valence-electron chi connectivity index (χ4n) is 8.99. The van der Waals surface area contributed by atoms with E-state index in [1.807, 2.05) is 0 Å². The van der Waals surface area contributed by atoms with Crippen molar-refractivity contribution < 1.29 is 148 Å². The quantitative estimate of drug-likeness (QED) is 0.0130. The largest absolute Gasteiger partial charge is 0.571 e. The fraction of sp³-hybridized carbons (Fsp3) is 0.382. The van der Waals surface area contributed by atoms with Crippen molar-refractivity contribution in [3.8, 4) is 57.5 Å². The zero-order chi connectivity index (χ0) is 61.6. The number of phenolic OH excluding ortho intramolecular Hbond substituents is 6. The molecule has 4 aromatic rings. The van der Waals surface area contributed by atoms with E-state index in [-0.39, 0.29) is 51.0 Å². The van der Waals surface area contributed by atoms with Gasteiger partial charge in [0.15, 0.2) is 58.8 Å². The molecule has 0 spiro atoms. The zero-order valence-corrected chi connectivity index (χ0v) is 44.5. The number of esters is 3. The number of hydrogen-bond acceptors (Lipinski definition) is 28. The Hall–Kier alpha value is -8.66. The van der Waals surface area contributed by atoms with Crippen LogP contribution < -0.4 is 14.2 Å². The fourth-order valence-corrected chi connectivity index (χ4v) is 8.99. The van der Waals surface area contributed by atoms with E-state index in [1.165, 1.54) is 56.7 Å². The van der Waals surface area contributed by atoms with Gasteiger partial charge >= 0.3 is 23.9 Å². The second kappa shape index (κ2) is 26.9. The van der Waals surface area contributed by atoms with E-state index in [0.717, 1.165) is 48.6 Å². The van der Waals surface area contributed by atoms with Crippen LogP contribution in [0.3, 0.4) is 0 Å². The van der Waals surface area contributed by atoms with Gasteiger partial charge in [-0.15, -0.1) is 0 Å². The summed E-state index contributed by atoms with van der Waals surface area (Å²) in [5.74, 6) is -8.96. The van der Waals surface area contributed by atoms with Crippen molar-refractivity contribution in [2.75, 3.05) is 34.0 Å². The Morgan fingerprint density at radius 3 is 1.89 bits per heavy atom. The predicted molar refractivity (Wildman–Crippen MR) is 279 cm³/mol. The van der Waals surface area contributed by atoms with Gasteiger partial charge in [-0.1, -0.05) is 6.07 Å². The second-order valence-electron chi connectivity index (χ2n) is 19.3.